The summed E-state index contributed by atoms with van der Waals surface area (Å²) in [4.78, 5) is 25.9. The number of hydrogen-bond donors (Lipinski definition) is 2. The minimum Gasteiger partial charge on any atom is -0.444 e. The summed E-state index contributed by atoms with van der Waals surface area (Å²) in [5.74, 6) is -0.485. The van der Waals surface area contributed by atoms with Gasteiger partial charge in [-0.1, -0.05) is 48.3 Å². The summed E-state index contributed by atoms with van der Waals surface area (Å²) in [5, 5.41) is 7.38. The number of para-hydroxylation sites is 1. The minimum atomic E-state index is -0.485. The van der Waals surface area contributed by atoms with Gasteiger partial charge >= 0.3 is 12.1 Å². The fraction of sp³-hybridized carbons (Fsp3) is 0.500. The van der Waals surface area contributed by atoms with Crippen LogP contribution in [0.1, 0.15) is 57.0 Å². The van der Waals surface area contributed by atoms with Gasteiger partial charge in [0.05, 0.1) is 27.0 Å². The topological polar surface area (TPSA) is 89.1 Å². The molecule has 8 nitrogen and oxygen atoms in total. The molecule has 0 aliphatic carbocycles. The quantitative estimate of drug-likeness (QED) is 0.216. The Bertz CT molecular complexity index is 1070. The number of aryl methyl sites for hydroxylation is 1. The smallest absolute Gasteiger partial charge is 0.410 e. The van der Waals surface area contributed by atoms with Crippen molar-refractivity contribution in [2.45, 2.75) is 59.6 Å². The maximum atomic E-state index is 12.2. The van der Waals surface area contributed by atoms with Gasteiger partial charge in [0.25, 0.3) is 0 Å². The average molecular weight is 569 g/mol. The maximum Gasteiger partial charge on any atom is 0.410 e. The molecule has 1 aliphatic rings. The van der Waals surface area contributed by atoms with Crippen LogP contribution in [0.25, 0.3) is 0 Å². The van der Waals surface area contributed by atoms with Gasteiger partial charge in [0, 0.05) is 32.3 Å². The highest BCUT2D eigenvalue weighted by atomic mass is 35.5. The summed E-state index contributed by atoms with van der Waals surface area (Å²) in [6, 6.07) is 10.8. The van der Waals surface area contributed by atoms with Crippen LogP contribution in [-0.4, -0.2) is 61.6 Å². The Kier molecular flexibility index (Phi) is 12.7. The number of ether oxygens (including phenoxy) is 3. The van der Waals surface area contributed by atoms with Crippen LogP contribution in [0.4, 0.5) is 16.2 Å². The molecule has 0 spiro atoms. The molecular formula is C28H39Cl2N3O5. The van der Waals surface area contributed by atoms with Crippen molar-refractivity contribution < 1.29 is 23.8 Å². The molecule has 1 heterocycles. The van der Waals surface area contributed by atoms with Gasteiger partial charge in [0.2, 0.25) is 0 Å². The zero-order valence-electron chi connectivity index (χ0n) is 23.0. The fourth-order valence-corrected chi connectivity index (χ4v) is 4.08. The van der Waals surface area contributed by atoms with Crippen molar-refractivity contribution in [2.24, 2.45) is 0 Å². The Labute approximate surface area is 235 Å². The number of hydrogen-bond acceptors (Lipinski definition) is 7. The third-order valence-corrected chi connectivity index (χ3v) is 6.42. The zero-order valence-corrected chi connectivity index (χ0v) is 24.5. The molecule has 1 unspecified atom stereocenters. The number of nitrogens with one attached hydrogen (secondary N) is 2. The van der Waals surface area contributed by atoms with E-state index in [0.717, 1.165) is 31.6 Å². The Hall–Kier alpha value is -2.52. The van der Waals surface area contributed by atoms with Crippen molar-refractivity contribution >= 4 is 46.6 Å². The number of carbonyl (C=O) groups is 2. The van der Waals surface area contributed by atoms with Crippen LogP contribution < -0.4 is 10.6 Å². The third kappa shape index (κ3) is 9.66. The van der Waals surface area contributed by atoms with E-state index in [1.165, 1.54) is 0 Å². The Morgan fingerprint density at radius 3 is 2.50 bits per heavy atom. The molecule has 0 bridgehead atoms. The number of carbonyl (C=O) groups excluding carboxylic acids is 2. The number of piperazine rings is 1. The molecule has 1 saturated heterocycles. The fourth-order valence-electron chi connectivity index (χ4n) is 3.62. The second-order valence-corrected chi connectivity index (χ2v) is 10.5. The first-order chi connectivity index (χ1) is 18.0. The standard InChI is InChI=1S/C17H17Cl2NO3.C11H22N2O2/c1-3-22-10-23-17(21)12-6-4-5-7-14(12)20-16-13(18)9-8-11(2)15(16)19;1-5-9-8-12-6-7-13(9)10(14)15-11(2,3)4/h4-9,20H,3,10H2,1-2H3;9,12H,5-8H2,1-4H3. The molecular weight excluding hydrogens is 529 g/mol. The summed E-state index contributed by atoms with van der Waals surface area (Å²) in [6.07, 6.45) is 0.780. The van der Waals surface area contributed by atoms with Crippen LogP contribution in [0.2, 0.25) is 10.0 Å². The van der Waals surface area contributed by atoms with Crippen molar-refractivity contribution in [3.63, 3.8) is 0 Å². The monoisotopic (exact) mass is 567 g/mol. The van der Waals surface area contributed by atoms with E-state index in [1.54, 1.807) is 30.3 Å². The lowest BCUT2D eigenvalue weighted by Crippen LogP contribution is -2.54. The van der Waals surface area contributed by atoms with E-state index in [-0.39, 0.29) is 18.9 Å². The third-order valence-electron chi connectivity index (χ3n) is 5.62. The lowest BCUT2D eigenvalue weighted by molar-refractivity contribution is -0.0273. The van der Waals surface area contributed by atoms with E-state index in [1.807, 2.05) is 45.6 Å². The maximum absolute atomic E-state index is 12.2. The number of nitrogens with zero attached hydrogens (tertiary/aromatic N) is 1. The molecule has 10 heteroatoms. The van der Waals surface area contributed by atoms with Crippen molar-refractivity contribution in [1.82, 2.24) is 10.2 Å². The lowest BCUT2D eigenvalue weighted by atomic mass is 10.1. The SMILES string of the molecule is CCC1CNCCN1C(=O)OC(C)(C)C.CCOCOC(=O)c1ccccc1Nc1c(Cl)ccc(C)c1Cl. The molecule has 38 heavy (non-hydrogen) atoms. The van der Waals surface area contributed by atoms with Crippen molar-refractivity contribution in [3.05, 3.63) is 57.6 Å². The van der Waals surface area contributed by atoms with Gasteiger partial charge < -0.3 is 29.7 Å². The summed E-state index contributed by atoms with van der Waals surface area (Å²) in [7, 11) is 0. The van der Waals surface area contributed by atoms with Gasteiger partial charge in [-0.2, -0.15) is 0 Å². The summed E-state index contributed by atoms with van der Waals surface area (Å²) < 4.78 is 15.5. The summed E-state index contributed by atoms with van der Waals surface area (Å²) in [5.41, 5.74) is 1.97. The second kappa shape index (κ2) is 15.2. The molecule has 0 aromatic heterocycles. The van der Waals surface area contributed by atoms with E-state index < -0.39 is 11.6 Å². The molecule has 3 rings (SSSR count). The van der Waals surface area contributed by atoms with E-state index in [2.05, 4.69) is 17.6 Å². The normalized spacial score (nSPS) is 15.3. The minimum absolute atomic E-state index is 0.0877. The lowest BCUT2D eigenvalue weighted by Gasteiger charge is -2.36. The summed E-state index contributed by atoms with van der Waals surface area (Å²) >= 11 is 12.5. The Morgan fingerprint density at radius 1 is 1.13 bits per heavy atom. The number of benzene rings is 2. The number of halogens is 2. The van der Waals surface area contributed by atoms with E-state index in [0.29, 0.717) is 33.6 Å². The largest absolute Gasteiger partial charge is 0.444 e. The Balaban J connectivity index is 0.000000293. The van der Waals surface area contributed by atoms with Crippen LogP contribution in [0, 0.1) is 6.92 Å². The highest BCUT2D eigenvalue weighted by Crippen LogP contribution is 2.36. The molecule has 2 aromatic carbocycles. The predicted octanol–water partition coefficient (Wildman–Crippen LogP) is 6.80. The van der Waals surface area contributed by atoms with Gasteiger partial charge in [-0.05, 0) is 64.8 Å². The van der Waals surface area contributed by atoms with Gasteiger partial charge in [-0.25, -0.2) is 9.59 Å². The number of anilines is 2. The van der Waals surface area contributed by atoms with Gasteiger partial charge in [0.1, 0.15) is 5.60 Å². The van der Waals surface area contributed by atoms with E-state index >= 15 is 0 Å². The van der Waals surface area contributed by atoms with Crippen LogP contribution in [0.3, 0.4) is 0 Å². The molecule has 1 amide bonds. The average Bonchev–Trinajstić information content (AvgIpc) is 2.88. The molecule has 0 saturated carbocycles. The van der Waals surface area contributed by atoms with Crippen LogP contribution in [-0.2, 0) is 14.2 Å². The predicted molar refractivity (Wildman–Crippen MR) is 153 cm³/mol. The highest BCUT2D eigenvalue weighted by molar-refractivity contribution is 6.39. The summed E-state index contributed by atoms with van der Waals surface area (Å²) in [6.45, 7) is 14.3. The molecule has 2 N–H and O–H groups in total. The first kappa shape index (κ1) is 31.7. The first-order valence-electron chi connectivity index (χ1n) is 12.7. The molecule has 2 aromatic rings. The number of esters is 1. The van der Waals surface area contributed by atoms with Crippen LogP contribution in [0.15, 0.2) is 36.4 Å². The Morgan fingerprint density at radius 2 is 1.84 bits per heavy atom. The van der Waals surface area contributed by atoms with Gasteiger partial charge in [-0.3, -0.25) is 0 Å². The van der Waals surface area contributed by atoms with E-state index in [9.17, 15) is 9.59 Å². The van der Waals surface area contributed by atoms with Crippen LogP contribution >= 0.6 is 23.2 Å². The number of rotatable bonds is 7. The molecule has 210 valence electrons. The van der Waals surface area contributed by atoms with Gasteiger partial charge in [0.15, 0.2) is 6.79 Å². The second-order valence-electron chi connectivity index (χ2n) is 9.71. The first-order valence-corrected chi connectivity index (χ1v) is 13.5. The number of amides is 1. The molecule has 0 radical (unpaired) electrons. The molecule has 1 fully saturated rings. The molecule has 1 atom stereocenters. The van der Waals surface area contributed by atoms with E-state index in [4.69, 9.17) is 37.4 Å². The van der Waals surface area contributed by atoms with Crippen molar-refractivity contribution in [2.75, 3.05) is 38.4 Å². The highest BCUT2D eigenvalue weighted by Gasteiger charge is 2.29. The van der Waals surface area contributed by atoms with Crippen molar-refractivity contribution in [1.29, 1.82) is 0 Å². The molecule has 1 aliphatic heterocycles. The zero-order chi connectivity index (χ0) is 28.3. The van der Waals surface area contributed by atoms with Crippen molar-refractivity contribution in [3.8, 4) is 0 Å². The van der Waals surface area contributed by atoms with Gasteiger partial charge in [-0.15, -0.1) is 0 Å². The van der Waals surface area contributed by atoms with Crippen LogP contribution in [0.5, 0.6) is 0 Å².